The molecule has 0 fully saturated rings. The van der Waals surface area contributed by atoms with Crippen LogP contribution in [-0.2, 0) is 0 Å². The third-order valence-corrected chi connectivity index (χ3v) is 1.39. The molecule has 0 saturated carbocycles. The number of alkyl halides is 3. The second-order valence-corrected chi connectivity index (χ2v) is 2.48. The van der Waals surface area contributed by atoms with Crippen molar-refractivity contribution in [3.8, 4) is 6.07 Å². The van der Waals surface area contributed by atoms with Gasteiger partial charge in [0.1, 0.15) is 12.6 Å². The molecule has 0 amide bonds. The molecule has 0 aliphatic carbocycles. The highest BCUT2D eigenvalue weighted by atomic mass is 19.4. The third-order valence-electron chi connectivity index (χ3n) is 1.39. The highest BCUT2D eigenvalue weighted by Crippen LogP contribution is 2.17. The van der Waals surface area contributed by atoms with Gasteiger partial charge in [0, 0.05) is 6.20 Å². The molecule has 14 heavy (non-hydrogen) atoms. The summed E-state index contributed by atoms with van der Waals surface area (Å²) < 4.78 is 35.4. The summed E-state index contributed by atoms with van der Waals surface area (Å²) in [6.45, 7) is -1.17. The summed E-state index contributed by atoms with van der Waals surface area (Å²) >= 11 is 0. The van der Waals surface area contributed by atoms with Crippen molar-refractivity contribution < 1.29 is 13.2 Å². The van der Waals surface area contributed by atoms with Crippen molar-refractivity contribution in [1.82, 2.24) is 4.98 Å². The number of nitrogens with one attached hydrogen (secondary N) is 1. The number of pyridine rings is 1. The molecule has 1 heterocycles. The van der Waals surface area contributed by atoms with Crippen LogP contribution in [-0.4, -0.2) is 17.7 Å². The standard InChI is InChI=1S/C8H6F3N3/c9-8(10,11)5-14-6-2-1-3-13-7(6)4-12/h1-3,14H,5H2. The van der Waals surface area contributed by atoms with Gasteiger partial charge in [-0.15, -0.1) is 0 Å². The van der Waals surface area contributed by atoms with Crippen molar-refractivity contribution in [2.24, 2.45) is 0 Å². The molecule has 0 aromatic carbocycles. The molecule has 1 N–H and O–H groups in total. The monoisotopic (exact) mass is 201 g/mol. The van der Waals surface area contributed by atoms with Crippen LogP contribution in [0.5, 0.6) is 0 Å². The fraction of sp³-hybridized carbons (Fsp3) is 0.250. The van der Waals surface area contributed by atoms with Gasteiger partial charge in [0.15, 0.2) is 5.69 Å². The Bertz CT molecular complexity index is 354. The zero-order valence-electron chi connectivity index (χ0n) is 6.97. The summed E-state index contributed by atoms with van der Waals surface area (Å²) in [4.78, 5) is 3.61. The number of hydrogen-bond donors (Lipinski definition) is 1. The molecule has 0 unspecified atom stereocenters. The molecule has 6 heteroatoms. The van der Waals surface area contributed by atoms with E-state index in [4.69, 9.17) is 5.26 Å². The quantitative estimate of drug-likeness (QED) is 0.795. The van der Waals surface area contributed by atoms with Crippen LogP contribution in [0.1, 0.15) is 5.69 Å². The molecule has 0 saturated heterocycles. The van der Waals surface area contributed by atoms with Gasteiger partial charge in [0.25, 0.3) is 0 Å². The van der Waals surface area contributed by atoms with Crippen LogP contribution >= 0.6 is 0 Å². The van der Waals surface area contributed by atoms with Gasteiger partial charge < -0.3 is 5.32 Å². The molecule has 1 aromatic rings. The molecule has 0 radical (unpaired) electrons. The Labute approximate surface area is 78.2 Å². The Morgan fingerprint density at radius 3 is 2.79 bits per heavy atom. The molecule has 0 aliphatic rings. The minimum atomic E-state index is -4.30. The predicted octanol–water partition coefficient (Wildman–Crippen LogP) is 1.93. The van der Waals surface area contributed by atoms with Crippen LogP contribution in [0, 0.1) is 11.3 Å². The molecular formula is C8H6F3N3. The van der Waals surface area contributed by atoms with Crippen LogP contribution in [0.15, 0.2) is 18.3 Å². The van der Waals surface area contributed by atoms with Crippen LogP contribution in [0.25, 0.3) is 0 Å². The van der Waals surface area contributed by atoms with Gasteiger partial charge in [-0.3, -0.25) is 0 Å². The summed E-state index contributed by atoms with van der Waals surface area (Å²) in [7, 11) is 0. The second kappa shape index (κ2) is 3.96. The first-order chi connectivity index (χ1) is 6.53. The number of aromatic nitrogens is 1. The van der Waals surface area contributed by atoms with Crippen LogP contribution < -0.4 is 5.32 Å². The van der Waals surface area contributed by atoms with Crippen LogP contribution in [0.3, 0.4) is 0 Å². The highest BCUT2D eigenvalue weighted by molar-refractivity contribution is 5.53. The van der Waals surface area contributed by atoms with E-state index in [0.29, 0.717) is 0 Å². The van der Waals surface area contributed by atoms with Crippen LogP contribution in [0.4, 0.5) is 18.9 Å². The fourth-order valence-corrected chi connectivity index (χ4v) is 0.832. The normalized spacial score (nSPS) is 10.7. The van der Waals surface area contributed by atoms with Gasteiger partial charge in [-0.05, 0) is 12.1 Å². The number of rotatable bonds is 2. The molecule has 74 valence electrons. The summed E-state index contributed by atoms with van der Waals surface area (Å²) in [5, 5.41) is 10.6. The van der Waals surface area contributed by atoms with Crippen molar-refractivity contribution in [1.29, 1.82) is 5.26 Å². The maximum absolute atomic E-state index is 11.8. The Kier molecular flexibility index (Phi) is 2.92. The molecule has 1 rings (SSSR count). The SMILES string of the molecule is N#Cc1ncccc1NCC(F)(F)F. The topological polar surface area (TPSA) is 48.7 Å². The Balaban J connectivity index is 2.73. The molecular weight excluding hydrogens is 195 g/mol. The van der Waals surface area contributed by atoms with Crippen molar-refractivity contribution in [2.45, 2.75) is 6.18 Å². The van der Waals surface area contributed by atoms with E-state index in [-0.39, 0.29) is 11.4 Å². The van der Waals surface area contributed by atoms with Gasteiger partial charge in [0.2, 0.25) is 0 Å². The van der Waals surface area contributed by atoms with Crippen molar-refractivity contribution in [2.75, 3.05) is 11.9 Å². The lowest BCUT2D eigenvalue weighted by Crippen LogP contribution is -2.21. The van der Waals surface area contributed by atoms with Gasteiger partial charge in [-0.25, -0.2) is 4.98 Å². The lowest BCUT2D eigenvalue weighted by Gasteiger charge is -2.09. The predicted molar refractivity (Wildman–Crippen MR) is 43.5 cm³/mol. The summed E-state index contributed by atoms with van der Waals surface area (Å²) in [6.07, 6.45) is -2.96. The number of nitriles is 1. The Morgan fingerprint density at radius 1 is 1.50 bits per heavy atom. The summed E-state index contributed by atoms with van der Waals surface area (Å²) in [5.74, 6) is 0. The molecule has 0 atom stereocenters. The summed E-state index contributed by atoms with van der Waals surface area (Å²) in [6, 6.07) is 4.52. The average Bonchev–Trinajstić information content (AvgIpc) is 2.14. The van der Waals surface area contributed by atoms with E-state index >= 15 is 0 Å². The number of anilines is 1. The lowest BCUT2D eigenvalue weighted by molar-refractivity contribution is -0.115. The zero-order chi connectivity index (χ0) is 10.6. The van der Waals surface area contributed by atoms with E-state index in [9.17, 15) is 13.2 Å². The van der Waals surface area contributed by atoms with E-state index < -0.39 is 12.7 Å². The third kappa shape index (κ3) is 2.94. The smallest absolute Gasteiger partial charge is 0.374 e. The first-order valence-electron chi connectivity index (χ1n) is 3.68. The zero-order valence-corrected chi connectivity index (χ0v) is 6.97. The van der Waals surface area contributed by atoms with Crippen molar-refractivity contribution >= 4 is 5.69 Å². The van der Waals surface area contributed by atoms with E-state index in [1.54, 1.807) is 6.07 Å². The second-order valence-electron chi connectivity index (χ2n) is 2.48. The molecule has 3 nitrogen and oxygen atoms in total. The summed E-state index contributed by atoms with van der Waals surface area (Å²) in [5.41, 5.74) is 0.0454. The fourth-order valence-electron chi connectivity index (χ4n) is 0.832. The first kappa shape index (κ1) is 10.3. The number of hydrogen-bond acceptors (Lipinski definition) is 3. The van der Waals surface area contributed by atoms with Gasteiger partial charge in [-0.2, -0.15) is 18.4 Å². The highest BCUT2D eigenvalue weighted by Gasteiger charge is 2.26. The lowest BCUT2D eigenvalue weighted by atomic mass is 10.3. The largest absolute Gasteiger partial charge is 0.405 e. The number of nitrogens with zero attached hydrogens (tertiary/aromatic N) is 2. The van der Waals surface area contributed by atoms with Gasteiger partial charge in [0.05, 0.1) is 5.69 Å². The molecule has 0 bridgehead atoms. The minimum Gasteiger partial charge on any atom is -0.374 e. The van der Waals surface area contributed by atoms with Gasteiger partial charge >= 0.3 is 6.18 Å². The average molecular weight is 201 g/mol. The maximum atomic E-state index is 11.8. The van der Waals surface area contributed by atoms with E-state index in [0.717, 1.165) is 0 Å². The molecule has 0 spiro atoms. The maximum Gasteiger partial charge on any atom is 0.405 e. The van der Waals surface area contributed by atoms with Crippen molar-refractivity contribution in [3.63, 3.8) is 0 Å². The Hall–Kier alpha value is -1.77. The number of halogens is 3. The van der Waals surface area contributed by atoms with Crippen molar-refractivity contribution in [3.05, 3.63) is 24.0 Å². The minimum absolute atomic E-state index is 0.0447. The molecule has 0 aliphatic heterocycles. The van der Waals surface area contributed by atoms with E-state index in [2.05, 4.69) is 10.3 Å². The van der Waals surface area contributed by atoms with Crippen LogP contribution in [0.2, 0.25) is 0 Å². The molecule has 1 aromatic heterocycles. The van der Waals surface area contributed by atoms with Gasteiger partial charge in [-0.1, -0.05) is 0 Å². The van der Waals surface area contributed by atoms with E-state index in [1.165, 1.54) is 18.3 Å². The first-order valence-corrected chi connectivity index (χ1v) is 3.68. The van der Waals surface area contributed by atoms with E-state index in [1.807, 2.05) is 0 Å². The Morgan fingerprint density at radius 2 is 2.21 bits per heavy atom.